The monoisotopic (exact) mass is 273 g/mol. The minimum atomic E-state index is 0.492. The first-order chi connectivity index (χ1) is 9.19. The lowest BCUT2D eigenvalue weighted by Gasteiger charge is -2.05. The number of nitrogens with zero attached hydrogens (tertiary/aromatic N) is 2. The lowest BCUT2D eigenvalue weighted by molar-refractivity contribution is 0.627. The van der Waals surface area contributed by atoms with Gasteiger partial charge in [0.15, 0.2) is 5.76 Å². The number of benzene rings is 1. The number of hydrogen-bond donors (Lipinski definition) is 1. The Morgan fingerprint density at radius 1 is 1.26 bits per heavy atom. The second-order valence-corrected chi connectivity index (χ2v) is 4.67. The summed E-state index contributed by atoms with van der Waals surface area (Å²) in [5.41, 5.74) is 8.28. The van der Waals surface area contributed by atoms with Gasteiger partial charge in [0.2, 0.25) is 0 Å². The lowest BCUT2D eigenvalue weighted by atomic mass is 10.1. The van der Waals surface area contributed by atoms with Crippen LogP contribution in [0.15, 0.2) is 35.0 Å². The van der Waals surface area contributed by atoms with Crippen molar-refractivity contribution < 1.29 is 4.42 Å². The molecule has 3 aromatic rings. The average molecular weight is 274 g/mol. The molecule has 1 aromatic carbocycles. The van der Waals surface area contributed by atoms with Crippen molar-refractivity contribution >= 4 is 28.4 Å². The molecule has 0 aliphatic heterocycles. The van der Waals surface area contributed by atoms with Crippen molar-refractivity contribution in [2.45, 2.75) is 13.3 Å². The van der Waals surface area contributed by atoms with Crippen molar-refractivity contribution in [3.63, 3.8) is 0 Å². The Morgan fingerprint density at radius 2 is 2.11 bits per heavy atom. The zero-order chi connectivity index (χ0) is 13.4. The first-order valence-electron chi connectivity index (χ1n) is 5.98. The summed E-state index contributed by atoms with van der Waals surface area (Å²) in [5, 5.41) is 1.62. The first kappa shape index (κ1) is 12.0. The van der Waals surface area contributed by atoms with Gasteiger partial charge in [-0.15, -0.1) is 0 Å². The van der Waals surface area contributed by atoms with Crippen LogP contribution >= 0.6 is 11.6 Å². The molecular formula is C14H12ClN3O. The average Bonchev–Trinajstić information content (AvgIpc) is 2.81. The molecule has 0 aliphatic rings. The summed E-state index contributed by atoms with van der Waals surface area (Å²) in [6, 6.07) is 7.42. The number of hydrogen-bond acceptors (Lipinski definition) is 4. The Labute approximate surface area is 115 Å². The van der Waals surface area contributed by atoms with E-state index in [0.29, 0.717) is 16.6 Å². The zero-order valence-corrected chi connectivity index (χ0v) is 11.1. The smallest absolute Gasteiger partial charge is 0.154 e. The minimum absolute atomic E-state index is 0.492. The van der Waals surface area contributed by atoms with Crippen molar-refractivity contribution in [1.29, 1.82) is 0 Å². The van der Waals surface area contributed by atoms with E-state index < -0.39 is 0 Å². The van der Waals surface area contributed by atoms with Crippen LogP contribution in [0.4, 0.5) is 5.82 Å². The third-order valence-electron chi connectivity index (χ3n) is 3.04. The van der Waals surface area contributed by atoms with Gasteiger partial charge in [0.25, 0.3) is 0 Å². The summed E-state index contributed by atoms with van der Waals surface area (Å²) in [6.07, 6.45) is 2.20. The number of halogens is 1. The molecule has 0 bridgehead atoms. The third kappa shape index (κ3) is 2.04. The summed E-state index contributed by atoms with van der Waals surface area (Å²) in [7, 11) is 0. The molecule has 19 heavy (non-hydrogen) atoms. The molecule has 4 nitrogen and oxygen atoms in total. The van der Waals surface area contributed by atoms with Crippen molar-refractivity contribution in [3.05, 3.63) is 41.2 Å². The van der Waals surface area contributed by atoms with Gasteiger partial charge in [-0.2, -0.15) is 0 Å². The predicted octanol–water partition coefficient (Wildman–Crippen LogP) is 3.69. The van der Waals surface area contributed by atoms with Gasteiger partial charge in [-0.3, -0.25) is 0 Å². The third-order valence-corrected chi connectivity index (χ3v) is 3.28. The van der Waals surface area contributed by atoms with Gasteiger partial charge >= 0.3 is 0 Å². The Hall–Kier alpha value is -2.07. The van der Waals surface area contributed by atoms with Crippen molar-refractivity contribution in [3.8, 4) is 11.5 Å². The second kappa shape index (κ2) is 4.55. The van der Waals surface area contributed by atoms with Gasteiger partial charge in [0, 0.05) is 16.0 Å². The van der Waals surface area contributed by atoms with E-state index in [1.807, 2.05) is 25.1 Å². The standard InChI is InChI=1S/C14H12ClN3O/c1-2-10-13(17-7-18-14(10)16)12-6-8-5-9(15)3-4-11(8)19-12/h3-7H,2H2,1H3,(H2,16,17,18). The topological polar surface area (TPSA) is 64.9 Å². The SMILES string of the molecule is CCc1c(N)ncnc1-c1cc2cc(Cl)ccc2o1. The minimum Gasteiger partial charge on any atom is -0.454 e. The molecule has 0 saturated carbocycles. The summed E-state index contributed by atoms with van der Waals surface area (Å²) >= 11 is 5.97. The van der Waals surface area contributed by atoms with Gasteiger partial charge in [-0.05, 0) is 30.7 Å². The lowest BCUT2D eigenvalue weighted by Crippen LogP contribution is -2.00. The highest BCUT2D eigenvalue weighted by atomic mass is 35.5. The molecule has 5 heteroatoms. The van der Waals surface area contributed by atoms with Crippen LogP contribution in [0.2, 0.25) is 5.02 Å². The van der Waals surface area contributed by atoms with E-state index in [1.165, 1.54) is 6.33 Å². The largest absolute Gasteiger partial charge is 0.454 e. The van der Waals surface area contributed by atoms with Gasteiger partial charge in [-0.1, -0.05) is 18.5 Å². The van der Waals surface area contributed by atoms with Crippen molar-refractivity contribution in [1.82, 2.24) is 9.97 Å². The summed E-state index contributed by atoms with van der Waals surface area (Å²) < 4.78 is 5.80. The van der Waals surface area contributed by atoms with Gasteiger partial charge in [0.05, 0.1) is 0 Å². The van der Waals surface area contributed by atoms with Crippen LogP contribution in [0.25, 0.3) is 22.4 Å². The van der Waals surface area contributed by atoms with E-state index in [9.17, 15) is 0 Å². The fraction of sp³-hybridized carbons (Fsp3) is 0.143. The molecule has 2 aromatic heterocycles. The number of nitrogens with two attached hydrogens (primary N) is 1. The predicted molar refractivity (Wildman–Crippen MR) is 76.0 cm³/mol. The van der Waals surface area contributed by atoms with Crippen LogP contribution in [0.5, 0.6) is 0 Å². The van der Waals surface area contributed by atoms with E-state index in [1.54, 1.807) is 6.07 Å². The highest BCUT2D eigenvalue weighted by molar-refractivity contribution is 6.31. The van der Waals surface area contributed by atoms with Crippen LogP contribution in [0, 0.1) is 0 Å². The maximum Gasteiger partial charge on any atom is 0.154 e. The maximum atomic E-state index is 5.97. The molecule has 0 amide bonds. The summed E-state index contributed by atoms with van der Waals surface area (Å²) in [5.74, 6) is 1.18. The Kier molecular flexibility index (Phi) is 2.87. The van der Waals surface area contributed by atoms with Crippen LogP contribution in [0.3, 0.4) is 0 Å². The summed E-state index contributed by atoms with van der Waals surface area (Å²) in [6.45, 7) is 2.01. The fourth-order valence-electron chi connectivity index (χ4n) is 2.12. The van der Waals surface area contributed by atoms with Crippen LogP contribution in [-0.4, -0.2) is 9.97 Å². The number of furan rings is 1. The number of rotatable bonds is 2. The molecule has 0 atom stereocenters. The van der Waals surface area contributed by atoms with E-state index >= 15 is 0 Å². The molecule has 0 aliphatic carbocycles. The van der Waals surface area contributed by atoms with Crippen LogP contribution in [0.1, 0.15) is 12.5 Å². The molecule has 0 radical (unpaired) electrons. The molecule has 2 heterocycles. The normalized spacial score (nSPS) is 11.1. The van der Waals surface area contributed by atoms with E-state index in [0.717, 1.165) is 28.6 Å². The highest BCUT2D eigenvalue weighted by Crippen LogP contribution is 2.31. The highest BCUT2D eigenvalue weighted by Gasteiger charge is 2.14. The van der Waals surface area contributed by atoms with Gasteiger partial charge < -0.3 is 10.2 Å². The number of nitrogen functional groups attached to an aromatic ring is 1. The molecule has 3 rings (SSSR count). The Bertz CT molecular complexity index is 752. The van der Waals surface area contributed by atoms with Gasteiger partial charge in [0.1, 0.15) is 23.4 Å². The Morgan fingerprint density at radius 3 is 2.89 bits per heavy atom. The molecule has 0 fully saturated rings. The number of fused-ring (bicyclic) bond motifs is 1. The molecular weight excluding hydrogens is 262 g/mol. The zero-order valence-electron chi connectivity index (χ0n) is 10.4. The molecule has 96 valence electrons. The Balaban J connectivity index is 2.22. The van der Waals surface area contributed by atoms with Crippen LogP contribution in [-0.2, 0) is 6.42 Å². The molecule has 0 spiro atoms. The number of aromatic nitrogens is 2. The summed E-state index contributed by atoms with van der Waals surface area (Å²) in [4.78, 5) is 8.29. The van der Waals surface area contributed by atoms with E-state index in [2.05, 4.69) is 9.97 Å². The van der Waals surface area contributed by atoms with Crippen LogP contribution < -0.4 is 5.73 Å². The van der Waals surface area contributed by atoms with Crippen molar-refractivity contribution in [2.24, 2.45) is 0 Å². The van der Waals surface area contributed by atoms with Crippen molar-refractivity contribution in [2.75, 3.05) is 5.73 Å². The van der Waals surface area contributed by atoms with E-state index in [4.69, 9.17) is 21.8 Å². The molecule has 0 saturated heterocycles. The number of anilines is 1. The quantitative estimate of drug-likeness (QED) is 0.773. The first-order valence-corrected chi connectivity index (χ1v) is 6.35. The van der Waals surface area contributed by atoms with E-state index in [-0.39, 0.29) is 0 Å². The maximum absolute atomic E-state index is 5.97. The molecule has 0 unspecified atom stereocenters. The molecule has 2 N–H and O–H groups in total. The fourth-order valence-corrected chi connectivity index (χ4v) is 2.30. The second-order valence-electron chi connectivity index (χ2n) is 4.23. The van der Waals surface area contributed by atoms with Gasteiger partial charge in [-0.25, -0.2) is 9.97 Å².